The minimum Gasteiger partial charge on any atom is -0.467 e. The molecule has 11 heteroatoms. The number of amides is 2. The molecule has 2 N–H and O–H groups in total. The predicted octanol–water partition coefficient (Wildman–Crippen LogP) is 5.82. The van der Waals surface area contributed by atoms with Crippen molar-refractivity contribution >= 4 is 45.0 Å². The van der Waals surface area contributed by atoms with E-state index in [1.165, 1.54) is 18.4 Å². The van der Waals surface area contributed by atoms with Crippen molar-refractivity contribution in [3.63, 3.8) is 0 Å². The Balaban J connectivity index is 1.40. The minimum absolute atomic E-state index is 0.0169. The van der Waals surface area contributed by atoms with Gasteiger partial charge in [-0.15, -0.1) is 0 Å². The molecule has 0 saturated heterocycles. The van der Waals surface area contributed by atoms with Gasteiger partial charge in [-0.3, -0.25) is 19.2 Å². The number of thioether (sulfide) groups is 1. The Bertz CT molecular complexity index is 1720. The largest absolute Gasteiger partial charge is 0.467 e. The number of carbonyl (C=O) groups is 2. The lowest BCUT2D eigenvalue weighted by Crippen LogP contribution is -2.31. The van der Waals surface area contributed by atoms with E-state index in [2.05, 4.69) is 10.0 Å². The van der Waals surface area contributed by atoms with Gasteiger partial charge in [0.05, 0.1) is 17.7 Å². The highest BCUT2D eigenvalue weighted by molar-refractivity contribution is 8.04. The van der Waals surface area contributed by atoms with Crippen LogP contribution < -0.4 is 10.0 Å². The molecular weight excluding hydrogens is 553 g/mol. The number of imide groups is 1. The van der Waals surface area contributed by atoms with Crippen LogP contribution in [0, 0.1) is 19.7 Å². The summed E-state index contributed by atoms with van der Waals surface area (Å²) >= 11 is 1.09. The molecule has 0 fully saturated rings. The number of hydrogen-bond donors (Lipinski definition) is 2. The topological polar surface area (TPSA) is 109 Å². The molecule has 3 aromatic carbocycles. The lowest BCUT2D eigenvalue weighted by molar-refractivity contribution is -0.138. The Morgan fingerprint density at radius 2 is 1.57 bits per heavy atom. The van der Waals surface area contributed by atoms with Gasteiger partial charge in [-0.1, -0.05) is 17.8 Å². The molecule has 1 aliphatic rings. The Morgan fingerprint density at radius 1 is 0.875 bits per heavy atom. The van der Waals surface area contributed by atoms with Crippen LogP contribution in [0.5, 0.6) is 0 Å². The van der Waals surface area contributed by atoms with Crippen LogP contribution in [0.15, 0.2) is 110 Å². The third-order valence-electron chi connectivity index (χ3n) is 6.25. The van der Waals surface area contributed by atoms with Crippen LogP contribution in [0.25, 0.3) is 0 Å². The molecular formula is C29H24FN3O5S2. The Labute approximate surface area is 234 Å². The van der Waals surface area contributed by atoms with Crippen LogP contribution in [0.4, 0.5) is 15.8 Å². The zero-order valence-electron chi connectivity index (χ0n) is 21.5. The fourth-order valence-electron chi connectivity index (χ4n) is 3.96. The molecule has 2 heterocycles. The number of furan rings is 1. The first-order valence-corrected chi connectivity index (χ1v) is 14.4. The van der Waals surface area contributed by atoms with Crippen LogP contribution >= 0.6 is 11.8 Å². The van der Waals surface area contributed by atoms with Gasteiger partial charge in [-0.25, -0.2) is 12.8 Å². The number of halogens is 1. The van der Waals surface area contributed by atoms with E-state index in [0.29, 0.717) is 16.3 Å². The van der Waals surface area contributed by atoms with Crippen molar-refractivity contribution in [3.8, 4) is 0 Å². The SMILES string of the molecule is Cc1ccc(NC2=C(Sc3ccc(NS(=O)(=O)c4ccc(F)cc4)cc3)C(=O)N(Cc3ccco3)C2=O)cc1C. The molecule has 40 heavy (non-hydrogen) atoms. The number of rotatable bonds is 9. The summed E-state index contributed by atoms with van der Waals surface area (Å²) < 4.78 is 46.3. The lowest BCUT2D eigenvalue weighted by Gasteiger charge is -2.14. The second-order valence-electron chi connectivity index (χ2n) is 9.09. The molecule has 0 atom stereocenters. The van der Waals surface area contributed by atoms with Crippen molar-refractivity contribution in [1.82, 2.24) is 4.90 Å². The van der Waals surface area contributed by atoms with E-state index in [9.17, 15) is 22.4 Å². The Hall–Kier alpha value is -4.35. The number of sulfonamides is 1. The zero-order chi connectivity index (χ0) is 28.4. The quantitative estimate of drug-likeness (QED) is 0.241. The highest BCUT2D eigenvalue weighted by atomic mass is 32.2. The summed E-state index contributed by atoms with van der Waals surface area (Å²) in [5, 5.41) is 3.13. The number of hydrogen-bond acceptors (Lipinski definition) is 7. The molecule has 0 radical (unpaired) electrons. The van der Waals surface area contributed by atoms with Gasteiger partial charge in [0.2, 0.25) is 0 Å². The first-order valence-electron chi connectivity index (χ1n) is 12.1. The van der Waals surface area contributed by atoms with Crippen LogP contribution in [-0.4, -0.2) is 25.1 Å². The smallest absolute Gasteiger partial charge is 0.278 e. The van der Waals surface area contributed by atoms with Gasteiger partial charge in [0.25, 0.3) is 21.8 Å². The van der Waals surface area contributed by atoms with E-state index in [-0.39, 0.29) is 27.7 Å². The monoisotopic (exact) mass is 577 g/mol. The van der Waals surface area contributed by atoms with E-state index >= 15 is 0 Å². The number of benzene rings is 3. The van der Waals surface area contributed by atoms with Crippen molar-refractivity contribution in [2.24, 2.45) is 0 Å². The summed E-state index contributed by atoms with van der Waals surface area (Å²) in [5.41, 5.74) is 3.22. The number of carbonyl (C=O) groups excluding carboxylic acids is 2. The maximum absolute atomic E-state index is 13.4. The van der Waals surface area contributed by atoms with Crippen LogP contribution in [0.2, 0.25) is 0 Å². The first kappa shape index (κ1) is 27.2. The summed E-state index contributed by atoms with van der Waals surface area (Å²) in [5.74, 6) is -1.02. The summed E-state index contributed by atoms with van der Waals surface area (Å²) in [4.78, 5) is 28.7. The average molecular weight is 578 g/mol. The van der Waals surface area contributed by atoms with Crippen LogP contribution in [-0.2, 0) is 26.2 Å². The number of aryl methyl sites for hydroxylation is 2. The molecule has 5 rings (SSSR count). The Kier molecular flexibility index (Phi) is 7.51. The second kappa shape index (κ2) is 11.0. The molecule has 8 nitrogen and oxygen atoms in total. The van der Waals surface area contributed by atoms with Crippen molar-refractivity contribution in [2.75, 3.05) is 10.0 Å². The highest BCUT2D eigenvalue weighted by Crippen LogP contribution is 2.37. The minimum atomic E-state index is -3.92. The maximum Gasteiger partial charge on any atom is 0.278 e. The van der Waals surface area contributed by atoms with Gasteiger partial charge in [-0.05, 0) is 97.8 Å². The summed E-state index contributed by atoms with van der Waals surface area (Å²) in [7, 11) is -3.92. The molecule has 0 spiro atoms. The molecule has 0 bridgehead atoms. The summed E-state index contributed by atoms with van der Waals surface area (Å²) in [6, 6.07) is 19.9. The van der Waals surface area contributed by atoms with Gasteiger partial charge in [0.15, 0.2) is 0 Å². The first-order chi connectivity index (χ1) is 19.1. The number of nitrogens with zero attached hydrogens (tertiary/aromatic N) is 1. The van der Waals surface area contributed by atoms with E-state index in [0.717, 1.165) is 39.9 Å². The van der Waals surface area contributed by atoms with Crippen LogP contribution in [0.1, 0.15) is 16.9 Å². The average Bonchev–Trinajstić information content (AvgIpc) is 3.51. The molecule has 1 aliphatic heterocycles. The molecule has 0 unspecified atom stereocenters. The standard InChI is InChI=1S/C29H24FN3O5S2/c1-18-5-8-22(16-19(18)2)31-26-27(29(35)33(28(26)34)17-23-4-3-15-38-23)39-24-11-9-21(10-12-24)32-40(36,37)25-13-6-20(30)7-14-25/h3-16,31-32H,17H2,1-2H3. The van der Waals surface area contributed by atoms with Crippen molar-refractivity contribution < 1.29 is 26.8 Å². The van der Waals surface area contributed by atoms with E-state index in [1.807, 2.05) is 32.0 Å². The van der Waals surface area contributed by atoms with Gasteiger partial charge in [0.1, 0.15) is 22.2 Å². The molecule has 0 saturated carbocycles. The second-order valence-corrected chi connectivity index (χ2v) is 11.9. The normalized spacial score (nSPS) is 13.7. The van der Waals surface area contributed by atoms with E-state index in [4.69, 9.17) is 4.42 Å². The predicted molar refractivity (Wildman–Crippen MR) is 150 cm³/mol. The van der Waals surface area contributed by atoms with E-state index < -0.39 is 27.7 Å². The van der Waals surface area contributed by atoms with Crippen molar-refractivity contribution in [1.29, 1.82) is 0 Å². The maximum atomic E-state index is 13.4. The third kappa shape index (κ3) is 5.80. The fourth-order valence-corrected chi connectivity index (χ4v) is 5.97. The molecule has 1 aromatic heterocycles. The van der Waals surface area contributed by atoms with Crippen molar-refractivity contribution in [3.05, 3.63) is 118 Å². The fraction of sp³-hybridized carbons (Fsp3) is 0.103. The molecule has 2 amide bonds. The number of anilines is 2. The lowest BCUT2D eigenvalue weighted by atomic mass is 10.1. The molecule has 204 valence electrons. The summed E-state index contributed by atoms with van der Waals surface area (Å²) in [6.45, 7) is 3.93. The van der Waals surface area contributed by atoms with Gasteiger partial charge in [-0.2, -0.15) is 0 Å². The zero-order valence-corrected chi connectivity index (χ0v) is 23.1. The van der Waals surface area contributed by atoms with Crippen molar-refractivity contribution in [2.45, 2.75) is 30.2 Å². The van der Waals surface area contributed by atoms with Crippen LogP contribution in [0.3, 0.4) is 0 Å². The molecule has 0 aliphatic carbocycles. The van der Waals surface area contributed by atoms with Gasteiger partial charge in [0, 0.05) is 16.3 Å². The number of nitrogens with one attached hydrogen (secondary N) is 2. The van der Waals surface area contributed by atoms with E-state index in [1.54, 1.807) is 36.4 Å². The summed E-state index contributed by atoms with van der Waals surface area (Å²) in [6.07, 6.45) is 1.48. The Morgan fingerprint density at radius 3 is 2.23 bits per heavy atom. The van der Waals surface area contributed by atoms with Gasteiger partial charge >= 0.3 is 0 Å². The van der Waals surface area contributed by atoms with Gasteiger partial charge < -0.3 is 9.73 Å². The highest BCUT2D eigenvalue weighted by Gasteiger charge is 2.39. The molecule has 4 aromatic rings. The third-order valence-corrected chi connectivity index (χ3v) is 8.73.